The Morgan fingerprint density at radius 2 is 2.00 bits per heavy atom. The van der Waals surface area contributed by atoms with Gasteiger partial charge in [0.25, 0.3) is 0 Å². The van der Waals surface area contributed by atoms with Crippen LogP contribution in [0, 0.1) is 0 Å². The molecule has 2 aromatic heterocycles. The van der Waals surface area contributed by atoms with Crippen LogP contribution in [0.15, 0.2) is 57.6 Å². The molecule has 3 aromatic rings. The van der Waals surface area contributed by atoms with Crippen LogP contribution in [0.4, 0.5) is 0 Å². The zero-order chi connectivity index (χ0) is 13.2. The number of nitrogens with one attached hydrogen (secondary N) is 1. The van der Waals surface area contributed by atoms with Crippen LogP contribution in [0.1, 0.15) is 17.5 Å². The molecular weight excluding hydrogens is 306 g/mol. The Morgan fingerprint density at radius 3 is 2.74 bits per heavy atom. The zero-order valence-corrected chi connectivity index (χ0v) is 11.6. The van der Waals surface area contributed by atoms with Gasteiger partial charge in [-0.1, -0.05) is 24.3 Å². The number of nitrogens with zero attached hydrogens (tertiary/aromatic N) is 1. The Kier molecular flexibility index (Phi) is 3.33. The fraction of sp³-hybridized carbons (Fsp3) is 0.0714. The molecule has 0 aliphatic heterocycles. The second-order valence-electron chi connectivity index (χ2n) is 4.16. The molecule has 0 fully saturated rings. The molecule has 0 aliphatic rings. The molecule has 4 nitrogen and oxygen atoms in total. The van der Waals surface area contributed by atoms with E-state index in [1.165, 1.54) is 0 Å². The molecule has 96 valence electrons. The van der Waals surface area contributed by atoms with Crippen molar-refractivity contribution in [1.82, 2.24) is 10.4 Å². The number of nitrogens with two attached hydrogens (primary N) is 1. The van der Waals surface area contributed by atoms with E-state index in [-0.39, 0.29) is 6.04 Å². The number of para-hydroxylation sites is 1. The summed E-state index contributed by atoms with van der Waals surface area (Å²) in [5.41, 5.74) is 4.49. The number of halogens is 1. The molecule has 0 radical (unpaired) electrons. The van der Waals surface area contributed by atoms with Gasteiger partial charge in [-0.2, -0.15) is 0 Å². The van der Waals surface area contributed by atoms with Crippen molar-refractivity contribution in [1.29, 1.82) is 0 Å². The molecule has 0 bridgehead atoms. The lowest BCUT2D eigenvalue weighted by Gasteiger charge is -2.14. The number of hydrogen-bond donors (Lipinski definition) is 2. The van der Waals surface area contributed by atoms with Gasteiger partial charge >= 0.3 is 0 Å². The Labute approximate surface area is 118 Å². The molecule has 1 unspecified atom stereocenters. The minimum Gasteiger partial charge on any atom is -0.466 e. The summed E-state index contributed by atoms with van der Waals surface area (Å²) in [5.74, 6) is 6.35. The lowest BCUT2D eigenvalue weighted by atomic mass is 10.1. The lowest BCUT2D eigenvalue weighted by Crippen LogP contribution is -2.29. The van der Waals surface area contributed by atoms with Crippen LogP contribution in [0.25, 0.3) is 10.9 Å². The van der Waals surface area contributed by atoms with Gasteiger partial charge in [0.1, 0.15) is 11.8 Å². The van der Waals surface area contributed by atoms with Gasteiger partial charge in [0, 0.05) is 5.39 Å². The number of fused-ring (bicyclic) bond motifs is 1. The number of hydrogen-bond acceptors (Lipinski definition) is 4. The average Bonchev–Trinajstić information content (AvgIpc) is 2.86. The summed E-state index contributed by atoms with van der Waals surface area (Å²) in [6, 6.07) is 13.5. The molecule has 19 heavy (non-hydrogen) atoms. The van der Waals surface area contributed by atoms with Crippen LogP contribution >= 0.6 is 15.9 Å². The second-order valence-corrected chi connectivity index (χ2v) is 5.02. The van der Waals surface area contributed by atoms with Gasteiger partial charge in [0.15, 0.2) is 0 Å². The highest BCUT2D eigenvalue weighted by molar-refractivity contribution is 9.10. The zero-order valence-electron chi connectivity index (χ0n) is 10.0. The van der Waals surface area contributed by atoms with E-state index in [9.17, 15) is 0 Å². The molecule has 0 saturated carbocycles. The van der Waals surface area contributed by atoms with Crippen molar-refractivity contribution in [2.24, 2.45) is 5.84 Å². The molecule has 0 spiro atoms. The van der Waals surface area contributed by atoms with E-state index in [2.05, 4.69) is 26.3 Å². The first-order valence-corrected chi connectivity index (χ1v) is 6.63. The largest absolute Gasteiger partial charge is 0.466 e. The summed E-state index contributed by atoms with van der Waals surface area (Å²) in [6.45, 7) is 0. The van der Waals surface area contributed by atoms with Crippen molar-refractivity contribution in [3.8, 4) is 0 Å². The van der Waals surface area contributed by atoms with Gasteiger partial charge in [-0.3, -0.25) is 10.8 Å². The molecule has 2 heterocycles. The van der Waals surface area contributed by atoms with Crippen molar-refractivity contribution in [3.63, 3.8) is 0 Å². The number of pyridine rings is 1. The van der Waals surface area contributed by atoms with Crippen LogP contribution in [-0.2, 0) is 0 Å². The minimum atomic E-state index is -0.283. The molecule has 3 rings (SSSR count). The van der Waals surface area contributed by atoms with Crippen molar-refractivity contribution in [3.05, 3.63) is 64.7 Å². The normalized spacial score (nSPS) is 12.7. The van der Waals surface area contributed by atoms with Crippen molar-refractivity contribution in [2.45, 2.75) is 6.04 Å². The third-order valence-corrected chi connectivity index (χ3v) is 3.64. The molecule has 0 saturated heterocycles. The summed E-state index contributed by atoms with van der Waals surface area (Å²) in [4.78, 5) is 4.62. The van der Waals surface area contributed by atoms with E-state index < -0.39 is 0 Å². The van der Waals surface area contributed by atoms with Gasteiger partial charge in [-0.25, -0.2) is 5.43 Å². The Hall–Kier alpha value is -1.69. The van der Waals surface area contributed by atoms with E-state index in [4.69, 9.17) is 10.3 Å². The van der Waals surface area contributed by atoms with Crippen molar-refractivity contribution >= 4 is 26.8 Å². The summed E-state index contributed by atoms with van der Waals surface area (Å²) >= 11 is 3.44. The van der Waals surface area contributed by atoms with E-state index >= 15 is 0 Å². The number of benzene rings is 1. The number of aromatic nitrogens is 1. The minimum absolute atomic E-state index is 0.283. The highest BCUT2D eigenvalue weighted by atomic mass is 79.9. The van der Waals surface area contributed by atoms with E-state index in [1.54, 1.807) is 6.26 Å². The average molecular weight is 318 g/mol. The fourth-order valence-electron chi connectivity index (χ4n) is 2.05. The van der Waals surface area contributed by atoms with Gasteiger partial charge < -0.3 is 4.42 Å². The van der Waals surface area contributed by atoms with Crippen LogP contribution in [0.2, 0.25) is 0 Å². The Bertz CT molecular complexity index is 710. The topological polar surface area (TPSA) is 64.1 Å². The summed E-state index contributed by atoms with van der Waals surface area (Å²) in [7, 11) is 0. The molecule has 0 aliphatic carbocycles. The summed E-state index contributed by atoms with van der Waals surface area (Å²) in [5, 5.41) is 1.10. The highest BCUT2D eigenvalue weighted by Crippen LogP contribution is 2.28. The predicted molar refractivity (Wildman–Crippen MR) is 77.3 cm³/mol. The van der Waals surface area contributed by atoms with Crippen LogP contribution in [0.3, 0.4) is 0 Å². The van der Waals surface area contributed by atoms with E-state index in [0.717, 1.165) is 21.1 Å². The number of rotatable bonds is 3. The highest BCUT2D eigenvalue weighted by Gasteiger charge is 2.20. The first-order valence-electron chi connectivity index (χ1n) is 5.84. The predicted octanol–water partition coefficient (Wildman–Crippen LogP) is 3.14. The van der Waals surface area contributed by atoms with Gasteiger partial charge in [0.2, 0.25) is 0 Å². The molecule has 0 amide bonds. The molecular formula is C14H12BrN3O. The summed E-state index contributed by atoms with van der Waals surface area (Å²) in [6.07, 6.45) is 1.62. The van der Waals surface area contributed by atoms with Crippen LogP contribution in [-0.4, -0.2) is 4.98 Å². The second kappa shape index (κ2) is 5.13. The lowest BCUT2D eigenvalue weighted by molar-refractivity contribution is 0.445. The number of hydrazine groups is 1. The smallest absolute Gasteiger partial charge is 0.142 e. The molecule has 1 aromatic carbocycles. The molecule has 3 N–H and O–H groups in total. The maximum Gasteiger partial charge on any atom is 0.142 e. The van der Waals surface area contributed by atoms with Gasteiger partial charge in [0.05, 0.1) is 21.9 Å². The van der Waals surface area contributed by atoms with E-state index in [0.29, 0.717) is 5.76 Å². The first-order chi connectivity index (χ1) is 9.29. The first kappa shape index (κ1) is 12.3. The Balaban J connectivity index is 2.09. The number of furan rings is 1. The maximum absolute atomic E-state index is 5.64. The standard InChI is InChI=1S/C14H12BrN3O/c15-10-7-8-19-14(10)13(18-16)12-6-5-9-3-1-2-4-11(9)17-12/h1-8,13,18H,16H2. The molecule has 1 atom stereocenters. The SMILES string of the molecule is NNC(c1ccc2ccccc2n1)c1occc1Br. The van der Waals surface area contributed by atoms with E-state index in [1.807, 2.05) is 42.5 Å². The van der Waals surface area contributed by atoms with Crippen LogP contribution < -0.4 is 11.3 Å². The van der Waals surface area contributed by atoms with Crippen LogP contribution in [0.5, 0.6) is 0 Å². The monoisotopic (exact) mass is 317 g/mol. The quantitative estimate of drug-likeness (QED) is 0.575. The fourth-order valence-corrected chi connectivity index (χ4v) is 2.48. The van der Waals surface area contributed by atoms with Crippen molar-refractivity contribution in [2.75, 3.05) is 0 Å². The van der Waals surface area contributed by atoms with Gasteiger partial charge in [-0.05, 0) is 34.1 Å². The Morgan fingerprint density at radius 1 is 1.16 bits per heavy atom. The van der Waals surface area contributed by atoms with Gasteiger partial charge in [-0.15, -0.1) is 0 Å². The third-order valence-electron chi connectivity index (χ3n) is 2.99. The third kappa shape index (κ3) is 2.28. The summed E-state index contributed by atoms with van der Waals surface area (Å²) < 4.78 is 6.32. The maximum atomic E-state index is 5.64. The molecule has 5 heteroatoms. The van der Waals surface area contributed by atoms with Crippen molar-refractivity contribution < 1.29 is 4.42 Å².